The fraction of sp³-hybridized carbons (Fsp3) is 0.250. The molecule has 1 N–H and O–H groups in total. The van der Waals surface area contributed by atoms with Gasteiger partial charge in [0.25, 0.3) is 0 Å². The molecule has 0 bridgehead atoms. The van der Waals surface area contributed by atoms with Crippen LogP contribution in [0.3, 0.4) is 0 Å². The average molecular weight is 446 g/mol. The third-order valence-electron chi connectivity index (χ3n) is 3.01. The Morgan fingerprint density at radius 1 is 1.20 bits per heavy atom. The summed E-state index contributed by atoms with van der Waals surface area (Å²) in [6, 6.07) is 14.5. The van der Waals surface area contributed by atoms with Crippen LogP contribution >= 0.6 is 38.5 Å². The van der Waals surface area contributed by atoms with Crippen LogP contribution in [0.5, 0.6) is 11.5 Å². The molecule has 20 heavy (non-hydrogen) atoms. The lowest BCUT2D eigenvalue weighted by Gasteiger charge is -2.18. The lowest BCUT2D eigenvalue weighted by molar-refractivity contribution is 0.460. The number of benzene rings is 2. The molecule has 4 heteroatoms. The molecule has 1 atom stereocenters. The van der Waals surface area contributed by atoms with Gasteiger partial charge in [0.1, 0.15) is 11.5 Å². The van der Waals surface area contributed by atoms with Crippen molar-refractivity contribution in [1.82, 2.24) is 5.32 Å². The Morgan fingerprint density at radius 3 is 2.65 bits per heavy atom. The summed E-state index contributed by atoms with van der Waals surface area (Å²) in [4.78, 5) is 0. The fourth-order valence-electron chi connectivity index (χ4n) is 2.02. The number of para-hydroxylation sites is 1. The minimum atomic E-state index is 0.254. The Kier molecular flexibility index (Phi) is 5.86. The van der Waals surface area contributed by atoms with Gasteiger partial charge in [0.15, 0.2) is 0 Å². The summed E-state index contributed by atoms with van der Waals surface area (Å²) < 4.78 is 8.23. The van der Waals surface area contributed by atoms with Gasteiger partial charge in [-0.3, -0.25) is 0 Å². The molecule has 0 amide bonds. The summed E-state index contributed by atoms with van der Waals surface area (Å²) in [7, 11) is 0. The van der Waals surface area contributed by atoms with Gasteiger partial charge in [-0.05, 0) is 60.3 Å². The highest BCUT2D eigenvalue weighted by Gasteiger charge is 2.13. The van der Waals surface area contributed by atoms with Crippen LogP contribution in [0, 0.1) is 3.57 Å². The third-order valence-corrected chi connectivity index (χ3v) is 4.39. The van der Waals surface area contributed by atoms with Crippen molar-refractivity contribution in [3.05, 3.63) is 56.1 Å². The first-order chi connectivity index (χ1) is 9.61. The maximum Gasteiger partial charge on any atom is 0.140 e. The van der Waals surface area contributed by atoms with Crippen molar-refractivity contribution in [1.29, 1.82) is 0 Å². The molecule has 0 saturated carbocycles. The molecular formula is C16H17BrINO. The van der Waals surface area contributed by atoms with E-state index in [-0.39, 0.29) is 6.04 Å². The zero-order valence-electron chi connectivity index (χ0n) is 11.5. The normalized spacial score (nSPS) is 12.2. The molecule has 1 unspecified atom stereocenters. The molecule has 2 aromatic carbocycles. The van der Waals surface area contributed by atoms with E-state index < -0.39 is 0 Å². The highest BCUT2D eigenvalue weighted by molar-refractivity contribution is 14.1. The number of hydrogen-bond acceptors (Lipinski definition) is 2. The predicted octanol–water partition coefficient (Wildman–Crippen LogP) is 5.52. The van der Waals surface area contributed by atoms with Crippen LogP contribution in [0.25, 0.3) is 0 Å². The van der Waals surface area contributed by atoms with Crippen molar-refractivity contribution >= 4 is 38.5 Å². The summed E-state index contributed by atoms with van der Waals surface area (Å²) in [5.74, 6) is 1.77. The molecule has 0 heterocycles. The minimum absolute atomic E-state index is 0.254. The summed E-state index contributed by atoms with van der Waals surface area (Å²) in [5, 5.41) is 3.42. The summed E-state index contributed by atoms with van der Waals surface area (Å²) >= 11 is 5.80. The van der Waals surface area contributed by atoms with Crippen LogP contribution in [0.2, 0.25) is 0 Å². The Labute approximate surface area is 142 Å². The molecule has 0 aliphatic carbocycles. The molecule has 0 spiro atoms. The Morgan fingerprint density at radius 2 is 1.95 bits per heavy atom. The van der Waals surface area contributed by atoms with E-state index in [1.165, 1.54) is 0 Å². The molecule has 0 aromatic heterocycles. The van der Waals surface area contributed by atoms with Crippen LogP contribution in [-0.2, 0) is 0 Å². The number of hydrogen-bond donors (Lipinski definition) is 1. The topological polar surface area (TPSA) is 21.3 Å². The SMILES string of the molecule is CCNC(C)c1ccc(Br)cc1Oc1ccccc1I. The Hall–Kier alpha value is -0.590. The molecule has 0 radical (unpaired) electrons. The zero-order valence-corrected chi connectivity index (χ0v) is 15.2. The van der Waals surface area contributed by atoms with Gasteiger partial charge in [-0.25, -0.2) is 0 Å². The molecule has 2 nitrogen and oxygen atoms in total. The molecule has 2 rings (SSSR count). The first kappa shape index (κ1) is 15.8. The third kappa shape index (κ3) is 3.96. The minimum Gasteiger partial charge on any atom is -0.456 e. The maximum absolute atomic E-state index is 6.11. The second-order valence-electron chi connectivity index (χ2n) is 4.49. The highest BCUT2D eigenvalue weighted by atomic mass is 127. The lowest BCUT2D eigenvalue weighted by atomic mass is 10.1. The predicted molar refractivity (Wildman–Crippen MR) is 95.5 cm³/mol. The van der Waals surface area contributed by atoms with Gasteiger partial charge in [0.05, 0.1) is 3.57 Å². The van der Waals surface area contributed by atoms with Gasteiger partial charge in [-0.2, -0.15) is 0 Å². The number of ether oxygens (including phenoxy) is 1. The maximum atomic E-state index is 6.11. The van der Waals surface area contributed by atoms with Crippen molar-refractivity contribution in [3.8, 4) is 11.5 Å². The molecule has 0 aliphatic rings. The van der Waals surface area contributed by atoms with Gasteiger partial charge in [-0.15, -0.1) is 0 Å². The first-order valence-corrected chi connectivity index (χ1v) is 8.44. The van der Waals surface area contributed by atoms with Gasteiger partial charge in [0.2, 0.25) is 0 Å². The molecule has 0 fully saturated rings. The van der Waals surface area contributed by atoms with E-state index in [0.717, 1.165) is 31.7 Å². The van der Waals surface area contributed by atoms with Crippen molar-refractivity contribution < 1.29 is 4.74 Å². The van der Waals surface area contributed by atoms with E-state index in [2.05, 4.69) is 63.8 Å². The second kappa shape index (κ2) is 7.43. The van der Waals surface area contributed by atoms with E-state index in [4.69, 9.17) is 4.74 Å². The van der Waals surface area contributed by atoms with Crippen molar-refractivity contribution in [2.45, 2.75) is 19.9 Å². The second-order valence-corrected chi connectivity index (χ2v) is 6.57. The molecule has 0 saturated heterocycles. The van der Waals surface area contributed by atoms with E-state index in [0.29, 0.717) is 0 Å². The lowest BCUT2D eigenvalue weighted by Crippen LogP contribution is -2.18. The average Bonchev–Trinajstić information content (AvgIpc) is 2.42. The highest BCUT2D eigenvalue weighted by Crippen LogP contribution is 2.34. The van der Waals surface area contributed by atoms with Crippen LogP contribution in [0.15, 0.2) is 46.9 Å². The van der Waals surface area contributed by atoms with E-state index in [1.807, 2.05) is 36.4 Å². The largest absolute Gasteiger partial charge is 0.456 e. The van der Waals surface area contributed by atoms with Crippen LogP contribution in [0.4, 0.5) is 0 Å². The number of nitrogens with one attached hydrogen (secondary N) is 1. The monoisotopic (exact) mass is 445 g/mol. The van der Waals surface area contributed by atoms with E-state index in [9.17, 15) is 0 Å². The standard InChI is InChI=1S/C16H17BrINO/c1-3-19-11(2)13-9-8-12(17)10-16(13)20-15-7-5-4-6-14(15)18/h4-11,19H,3H2,1-2H3. The molecule has 0 aliphatic heterocycles. The zero-order chi connectivity index (χ0) is 14.5. The number of halogens is 2. The Balaban J connectivity index is 2.35. The molecule has 2 aromatic rings. The van der Waals surface area contributed by atoms with Crippen LogP contribution < -0.4 is 10.1 Å². The first-order valence-electron chi connectivity index (χ1n) is 6.57. The Bertz CT molecular complexity index is 588. The fourth-order valence-corrected chi connectivity index (χ4v) is 2.85. The van der Waals surface area contributed by atoms with Crippen LogP contribution in [0.1, 0.15) is 25.5 Å². The molecule has 106 valence electrons. The van der Waals surface area contributed by atoms with Gasteiger partial charge < -0.3 is 10.1 Å². The summed E-state index contributed by atoms with van der Waals surface area (Å²) in [5.41, 5.74) is 1.16. The van der Waals surface area contributed by atoms with Crippen molar-refractivity contribution in [2.75, 3.05) is 6.54 Å². The van der Waals surface area contributed by atoms with E-state index >= 15 is 0 Å². The van der Waals surface area contributed by atoms with Crippen molar-refractivity contribution in [3.63, 3.8) is 0 Å². The van der Waals surface area contributed by atoms with Gasteiger partial charge in [-0.1, -0.05) is 41.1 Å². The van der Waals surface area contributed by atoms with Crippen molar-refractivity contribution in [2.24, 2.45) is 0 Å². The molecular weight excluding hydrogens is 429 g/mol. The smallest absolute Gasteiger partial charge is 0.140 e. The van der Waals surface area contributed by atoms with E-state index in [1.54, 1.807) is 0 Å². The summed E-state index contributed by atoms with van der Waals surface area (Å²) in [6.07, 6.45) is 0. The van der Waals surface area contributed by atoms with Crippen LogP contribution in [-0.4, -0.2) is 6.54 Å². The number of rotatable bonds is 5. The van der Waals surface area contributed by atoms with Gasteiger partial charge in [0, 0.05) is 16.1 Å². The quantitative estimate of drug-likeness (QED) is 0.612. The van der Waals surface area contributed by atoms with Gasteiger partial charge >= 0.3 is 0 Å². The summed E-state index contributed by atoms with van der Waals surface area (Å²) in [6.45, 7) is 5.19.